The number of para-hydroxylation sites is 2. The van der Waals surface area contributed by atoms with E-state index in [0.717, 1.165) is 33.9 Å². The fourth-order valence-corrected chi connectivity index (χ4v) is 4.83. The zero-order valence-electron chi connectivity index (χ0n) is 18.2. The van der Waals surface area contributed by atoms with Gasteiger partial charge in [-0.15, -0.1) is 0 Å². The van der Waals surface area contributed by atoms with Gasteiger partial charge in [0.25, 0.3) is 0 Å². The van der Waals surface area contributed by atoms with Crippen molar-refractivity contribution in [3.8, 4) is 0 Å². The predicted molar refractivity (Wildman–Crippen MR) is 138 cm³/mol. The first-order valence-corrected chi connectivity index (χ1v) is 11.9. The molecule has 0 saturated carbocycles. The highest BCUT2D eigenvalue weighted by molar-refractivity contribution is 9.10. The summed E-state index contributed by atoms with van der Waals surface area (Å²) in [5.74, 6) is -0.0351. The number of ketones is 1. The van der Waals surface area contributed by atoms with Crippen LogP contribution in [0.3, 0.4) is 0 Å². The molecule has 5 heteroatoms. The lowest BCUT2D eigenvalue weighted by molar-refractivity contribution is 0.104. The topological polar surface area (TPSA) is 45.5 Å². The minimum atomic E-state index is -0.506. The fourth-order valence-electron chi connectivity index (χ4n) is 4.57. The van der Waals surface area contributed by atoms with Crippen LogP contribution in [0.1, 0.15) is 21.5 Å². The summed E-state index contributed by atoms with van der Waals surface area (Å²) < 4.78 is 3.04. The van der Waals surface area contributed by atoms with Gasteiger partial charge in [0, 0.05) is 51.5 Å². The number of carbonyl (C=O) groups is 1. The second-order valence-corrected chi connectivity index (χ2v) is 9.35. The number of aromatic nitrogens is 1. The minimum absolute atomic E-state index is 0.0351. The molecule has 1 aliphatic rings. The molecule has 1 aliphatic heterocycles. The van der Waals surface area contributed by atoms with Crippen LogP contribution < -0.4 is 4.90 Å². The van der Waals surface area contributed by atoms with Gasteiger partial charge in [0.15, 0.2) is 5.78 Å². The third kappa shape index (κ3) is 4.65. The normalized spacial score (nSPS) is 14.2. The van der Waals surface area contributed by atoms with Crippen molar-refractivity contribution < 1.29 is 9.90 Å². The highest BCUT2D eigenvalue weighted by Crippen LogP contribution is 2.28. The lowest BCUT2D eigenvalue weighted by Crippen LogP contribution is -2.33. The Hall–Kier alpha value is -3.15. The Morgan fingerprint density at radius 1 is 1.00 bits per heavy atom. The van der Waals surface area contributed by atoms with Gasteiger partial charge >= 0.3 is 0 Å². The van der Waals surface area contributed by atoms with Gasteiger partial charge in [-0.2, -0.15) is 0 Å². The quantitative estimate of drug-likeness (QED) is 0.260. The van der Waals surface area contributed by atoms with Crippen LogP contribution in [0.2, 0.25) is 0 Å². The molecule has 2 heterocycles. The average Bonchev–Trinajstić information content (AvgIpc) is 3.39. The number of β-amino-alcohol motifs (C(OH)–C–C–N with tert-alkyl or cyclic N) is 1. The number of benzene rings is 3. The molecule has 4 nitrogen and oxygen atoms in total. The molecule has 0 saturated heterocycles. The SMILES string of the molecule is O=C(/C=C/c1cn(CC(O)CN2CCc3ccccc32)c2ccccc12)c1ccc(Br)cc1. The number of hydrogen-bond donors (Lipinski definition) is 1. The maximum absolute atomic E-state index is 12.6. The van der Waals surface area contributed by atoms with E-state index in [4.69, 9.17) is 0 Å². The summed E-state index contributed by atoms with van der Waals surface area (Å²) in [4.78, 5) is 14.9. The number of fused-ring (bicyclic) bond motifs is 2. The second kappa shape index (κ2) is 9.38. The first-order valence-electron chi connectivity index (χ1n) is 11.2. The number of aliphatic hydroxyl groups is 1. The van der Waals surface area contributed by atoms with E-state index >= 15 is 0 Å². The largest absolute Gasteiger partial charge is 0.389 e. The Labute approximate surface area is 201 Å². The maximum atomic E-state index is 12.6. The zero-order valence-corrected chi connectivity index (χ0v) is 19.8. The number of rotatable bonds is 7. The molecule has 0 radical (unpaired) electrons. The molecule has 5 rings (SSSR count). The number of nitrogens with zero attached hydrogens (tertiary/aromatic N) is 2. The van der Waals surface area contributed by atoms with E-state index in [1.54, 1.807) is 6.08 Å². The van der Waals surface area contributed by atoms with E-state index in [2.05, 4.69) is 61.8 Å². The van der Waals surface area contributed by atoms with Crippen LogP contribution in [0.5, 0.6) is 0 Å². The van der Waals surface area contributed by atoms with Crippen molar-refractivity contribution in [2.24, 2.45) is 0 Å². The van der Waals surface area contributed by atoms with Crippen LogP contribution in [0.15, 0.2) is 89.5 Å². The van der Waals surface area contributed by atoms with Gasteiger partial charge in [-0.05, 0) is 60.5 Å². The molecule has 0 spiro atoms. The number of hydrogen-bond acceptors (Lipinski definition) is 3. The third-order valence-electron chi connectivity index (χ3n) is 6.18. The molecular weight excluding hydrogens is 476 g/mol. The van der Waals surface area contributed by atoms with Crippen molar-refractivity contribution in [2.75, 3.05) is 18.0 Å². The van der Waals surface area contributed by atoms with Crippen molar-refractivity contribution in [3.63, 3.8) is 0 Å². The monoisotopic (exact) mass is 500 g/mol. The van der Waals surface area contributed by atoms with Gasteiger partial charge in [-0.1, -0.05) is 52.3 Å². The Morgan fingerprint density at radius 3 is 2.61 bits per heavy atom. The van der Waals surface area contributed by atoms with Crippen LogP contribution >= 0.6 is 15.9 Å². The molecule has 0 amide bonds. The Balaban J connectivity index is 1.34. The first kappa shape index (κ1) is 21.7. The van der Waals surface area contributed by atoms with Gasteiger partial charge in [0.1, 0.15) is 0 Å². The predicted octanol–water partition coefficient (Wildman–Crippen LogP) is 5.72. The van der Waals surface area contributed by atoms with E-state index in [9.17, 15) is 9.90 Å². The van der Waals surface area contributed by atoms with Gasteiger partial charge in [0.05, 0.1) is 12.6 Å². The summed E-state index contributed by atoms with van der Waals surface area (Å²) in [6.45, 7) is 2.03. The number of halogens is 1. The summed E-state index contributed by atoms with van der Waals surface area (Å²) in [5.41, 5.74) is 5.24. The maximum Gasteiger partial charge on any atom is 0.185 e. The molecule has 0 aliphatic carbocycles. The fraction of sp³-hybridized carbons (Fsp3) is 0.179. The van der Waals surface area contributed by atoms with Crippen molar-refractivity contribution in [1.29, 1.82) is 0 Å². The summed E-state index contributed by atoms with van der Waals surface area (Å²) in [7, 11) is 0. The van der Waals surface area contributed by atoms with Crippen LogP contribution in [0, 0.1) is 0 Å². The van der Waals surface area contributed by atoms with Crippen LogP contribution in [0.25, 0.3) is 17.0 Å². The molecule has 1 atom stereocenters. The van der Waals surface area contributed by atoms with E-state index < -0.39 is 6.10 Å². The first-order chi connectivity index (χ1) is 16.1. The highest BCUT2D eigenvalue weighted by atomic mass is 79.9. The van der Waals surface area contributed by atoms with E-state index in [0.29, 0.717) is 18.7 Å². The molecule has 166 valence electrons. The van der Waals surface area contributed by atoms with Gasteiger partial charge in [0.2, 0.25) is 0 Å². The van der Waals surface area contributed by atoms with E-state index in [-0.39, 0.29) is 5.78 Å². The van der Waals surface area contributed by atoms with Crippen LogP contribution in [0.4, 0.5) is 5.69 Å². The summed E-state index contributed by atoms with van der Waals surface area (Å²) in [5, 5.41) is 12.0. The Kier molecular flexibility index (Phi) is 6.16. The lowest BCUT2D eigenvalue weighted by Gasteiger charge is -2.23. The smallest absolute Gasteiger partial charge is 0.185 e. The molecule has 1 aromatic heterocycles. The molecule has 0 fully saturated rings. The summed E-state index contributed by atoms with van der Waals surface area (Å²) in [6.07, 6.45) is 6.03. The number of aliphatic hydroxyl groups excluding tert-OH is 1. The number of carbonyl (C=O) groups excluding carboxylic acids is 1. The van der Waals surface area contributed by atoms with Crippen molar-refractivity contribution >= 4 is 44.4 Å². The zero-order chi connectivity index (χ0) is 22.8. The molecule has 3 aromatic carbocycles. The van der Waals surface area contributed by atoms with E-state index in [1.165, 1.54) is 11.3 Å². The molecule has 1 N–H and O–H groups in total. The highest BCUT2D eigenvalue weighted by Gasteiger charge is 2.21. The molecule has 1 unspecified atom stereocenters. The Morgan fingerprint density at radius 2 is 1.76 bits per heavy atom. The average molecular weight is 501 g/mol. The Bertz CT molecular complexity index is 1320. The molecule has 33 heavy (non-hydrogen) atoms. The van der Waals surface area contributed by atoms with Crippen molar-refractivity contribution in [3.05, 3.63) is 106 Å². The second-order valence-electron chi connectivity index (χ2n) is 8.44. The van der Waals surface area contributed by atoms with Crippen LogP contribution in [-0.2, 0) is 13.0 Å². The molecular formula is C28H25BrN2O2. The summed E-state index contributed by atoms with van der Waals surface area (Å²) in [6, 6.07) is 23.9. The van der Waals surface area contributed by atoms with E-state index in [1.807, 2.05) is 48.7 Å². The van der Waals surface area contributed by atoms with Gasteiger partial charge in [-0.3, -0.25) is 4.79 Å². The van der Waals surface area contributed by atoms with Gasteiger partial charge in [-0.25, -0.2) is 0 Å². The number of anilines is 1. The molecule has 0 bridgehead atoms. The summed E-state index contributed by atoms with van der Waals surface area (Å²) >= 11 is 3.40. The van der Waals surface area contributed by atoms with Crippen molar-refractivity contribution in [1.82, 2.24) is 4.57 Å². The standard InChI is InChI=1S/C28H25BrN2O2/c29-23-12-9-21(10-13-23)28(33)14-11-22-17-31(27-8-4-2-6-25(22)27)19-24(32)18-30-16-15-20-5-1-3-7-26(20)30/h1-14,17,24,32H,15-16,18-19H2/b14-11+. The van der Waals surface area contributed by atoms with Crippen LogP contribution in [-0.4, -0.2) is 34.7 Å². The number of allylic oxidation sites excluding steroid dienone is 1. The minimum Gasteiger partial charge on any atom is -0.389 e. The third-order valence-corrected chi connectivity index (χ3v) is 6.71. The lowest BCUT2D eigenvalue weighted by atomic mass is 10.1. The molecule has 4 aromatic rings. The van der Waals surface area contributed by atoms with Crippen molar-refractivity contribution in [2.45, 2.75) is 19.1 Å². The van der Waals surface area contributed by atoms with Gasteiger partial charge < -0.3 is 14.6 Å².